The van der Waals surface area contributed by atoms with Crippen molar-refractivity contribution < 1.29 is 24.1 Å². The van der Waals surface area contributed by atoms with E-state index >= 15 is 0 Å². The topological polar surface area (TPSA) is 99.0 Å². The Bertz CT molecular complexity index is 974. The number of hydrogen-bond donors (Lipinski definition) is 2. The Morgan fingerprint density at radius 1 is 1.24 bits per heavy atom. The van der Waals surface area contributed by atoms with E-state index in [4.69, 9.17) is 25.8 Å². The molecule has 1 aromatic heterocycles. The number of nitrogens with one attached hydrogen (secondary N) is 1. The molecule has 1 unspecified atom stereocenters. The lowest BCUT2D eigenvalue weighted by atomic mass is 10.1. The molecule has 2 rings (SSSR count). The highest BCUT2D eigenvalue weighted by molar-refractivity contribution is 6.30. The zero-order valence-electron chi connectivity index (χ0n) is 19.6. The number of aromatic nitrogens is 1. The lowest BCUT2D eigenvalue weighted by Crippen LogP contribution is -2.34. The Morgan fingerprint density at radius 3 is 2.58 bits per heavy atom. The maximum Gasteiger partial charge on any atom is 0.272 e. The van der Waals surface area contributed by atoms with Gasteiger partial charge in [0.2, 0.25) is 5.43 Å². The quantitative estimate of drug-likeness (QED) is 0.335. The van der Waals surface area contributed by atoms with Crippen molar-refractivity contribution in [3.63, 3.8) is 0 Å². The van der Waals surface area contributed by atoms with Crippen LogP contribution in [0.5, 0.6) is 5.75 Å². The summed E-state index contributed by atoms with van der Waals surface area (Å²) in [6, 6.07) is 7.13. The van der Waals surface area contributed by atoms with Crippen LogP contribution in [0.2, 0.25) is 5.02 Å². The number of nitrogens with zero attached hydrogens (tertiary/aromatic N) is 1. The van der Waals surface area contributed by atoms with Gasteiger partial charge in [0, 0.05) is 37.5 Å². The lowest BCUT2D eigenvalue weighted by Gasteiger charge is -2.23. The summed E-state index contributed by atoms with van der Waals surface area (Å²) in [4.78, 5) is 26.5. The van der Waals surface area contributed by atoms with E-state index in [2.05, 4.69) is 5.32 Å². The average molecular weight is 481 g/mol. The molecular weight excluding hydrogens is 448 g/mol. The molecule has 1 heterocycles. The third-order valence-electron chi connectivity index (χ3n) is 5.18. The maximum atomic E-state index is 13.3. The van der Waals surface area contributed by atoms with Gasteiger partial charge in [0.05, 0.1) is 19.3 Å². The van der Waals surface area contributed by atoms with E-state index in [0.29, 0.717) is 17.9 Å². The largest absolute Gasteiger partial charge is 0.487 e. The molecule has 0 aliphatic rings. The van der Waals surface area contributed by atoms with E-state index in [9.17, 15) is 14.7 Å². The summed E-state index contributed by atoms with van der Waals surface area (Å²) in [5, 5.41) is 13.8. The summed E-state index contributed by atoms with van der Waals surface area (Å²) in [5.41, 5.74) is 0.504. The van der Waals surface area contributed by atoms with E-state index in [0.717, 1.165) is 12.0 Å². The predicted octanol–water partition coefficient (Wildman–Crippen LogP) is 3.67. The van der Waals surface area contributed by atoms with E-state index in [1.807, 2.05) is 13.0 Å². The van der Waals surface area contributed by atoms with Crippen molar-refractivity contribution >= 4 is 17.5 Å². The van der Waals surface area contributed by atoms with Gasteiger partial charge in [0.1, 0.15) is 0 Å². The first-order valence-corrected chi connectivity index (χ1v) is 11.4. The van der Waals surface area contributed by atoms with Gasteiger partial charge < -0.3 is 29.2 Å². The van der Waals surface area contributed by atoms with Gasteiger partial charge >= 0.3 is 0 Å². The van der Waals surface area contributed by atoms with Gasteiger partial charge in [0.25, 0.3) is 5.91 Å². The minimum atomic E-state index is -0.996. The van der Waals surface area contributed by atoms with Gasteiger partial charge in [-0.3, -0.25) is 9.59 Å². The van der Waals surface area contributed by atoms with Crippen LogP contribution in [0.25, 0.3) is 0 Å². The van der Waals surface area contributed by atoms with Gasteiger partial charge in [-0.2, -0.15) is 0 Å². The van der Waals surface area contributed by atoms with Crippen LogP contribution >= 0.6 is 11.6 Å². The van der Waals surface area contributed by atoms with Gasteiger partial charge in [0.15, 0.2) is 17.7 Å². The zero-order valence-corrected chi connectivity index (χ0v) is 20.4. The van der Waals surface area contributed by atoms with Crippen LogP contribution in [-0.4, -0.2) is 42.7 Å². The van der Waals surface area contributed by atoms with Crippen LogP contribution in [-0.2, 0) is 22.6 Å². The van der Waals surface area contributed by atoms with Crippen LogP contribution in [0.3, 0.4) is 0 Å². The Labute approximate surface area is 199 Å². The third-order valence-corrected chi connectivity index (χ3v) is 5.42. The highest BCUT2D eigenvalue weighted by Gasteiger charge is 2.26. The van der Waals surface area contributed by atoms with Crippen molar-refractivity contribution in [3.05, 3.63) is 62.5 Å². The van der Waals surface area contributed by atoms with Crippen LogP contribution in [0.1, 0.15) is 60.8 Å². The van der Waals surface area contributed by atoms with E-state index < -0.39 is 23.7 Å². The summed E-state index contributed by atoms with van der Waals surface area (Å²) in [6.07, 6.45) is 1.70. The van der Waals surface area contributed by atoms with Crippen molar-refractivity contribution in [1.82, 2.24) is 9.88 Å². The second-order valence-electron chi connectivity index (χ2n) is 7.58. The van der Waals surface area contributed by atoms with E-state index in [-0.39, 0.29) is 36.7 Å². The fraction of sp³-hybridized carbons (Fsp3) is 0.500. The Morgan fingerprint density at radius 2 is 1.97 bits per heavy atom. The molecule has 182 valence electrons. The number of ether oxygens (including phenoxy) is 3. The van der Waals surface area contributed by atoms with Crippen LogP contribution < -0.4 is 15.5 Å². The van der Waals surface area contributed by atoms with Gasteiger partial charge in [-0.15, -0.1) is 0 Å². The monoisotopic (exact) mass is 480 g/mol. The van der Waals surface area contributed by atoms with Crippen molar-refractivity contribution in [3.8, 4) is 5.75 Å². The molecule has 0 fully saturated rings. The standard InChI is InChI=1S/C24H33ClN2O6/c1-5-7-11-33-23-21(24(30)26-13-16-9-8-10-17(25)12-16)27(15-20(31-3)32-4)14-18(22(23)29)19(28)6-2/h8-10,12,14,19-20,28H,5-7,11,13,15H2,1-4H3,(H,26,30). The Balaban J connectivity index is 2.54. The van der Waals surface area contributed by atoms with Crippen LogP contribution in [0.15, 0.2) is 35.3 Å². The van der Waals surface area contributed by atoms with Crippen molar-refractivity contribution in [2.45, 2.75) is 58.6 Å². The first kappa shape index (κ1) is 26.9. The van der Waals surface area contributed by atoms with Gasteiger partial charge in [-0.25, -0.2) is 0 Å². The molecule has 2 aromatic rings. The number of benzene rings is 1. The fourth-order valence-electron chi connectivity index (χ4n) is 3.27. The number of rotatable bonds is 13. The smallest absolute Gasteiger partial charge is 0.272 e. The lowest BCUT2D eigenvalue weighted by molar-refractivity contribution is -0.111. The number of unbranched alkanes of at least 4 members (excludes halogenated alkanes) is 1. The number of amides is 1. The fourth-order valence-corrected chi connectivity index (χ4v) is 3.48. The number of pyridine rings is 1. The molecule has 1 atom stereocenters. The number of aliphatic hydroxyl groups is 1. The van der Waals surface area contributed by atoms with E-state index in [1.54, 1.807) is 29.7 Å². The molecule has 2 N–H and O–H groups in total. The molecule has 33 heavy (non-hydrogen) atoms. The highest BCUT2D eigenvalue weighted by Crippen LogP contribution is 2.22. The second kappa shape index (κ2) is 13.3. The molecular formula is C24H33ClN2O6. The summed E-state index contributed by atoms with van der Waals surface area (Å²) in [5.74, 6) is -0.593. The highest BCUT2D eigenvalue weighted by atomic mass is 35.5. The normalized spacial score (nSPS) is 12.1. The number of methoxy groups -OCH3 is 2. The van der Waals surface area contributed by atoms with Crippen molar-refractivity contribution in [2.24, 2.45) is 0 Å². The first-order chi connectivity index (χ1) is 15.9. The molecule has 0 spiro atoms. The minimum Gasteiger partial charge on any atom is -0.487 e. The Kier molecular flexibility index (Phi) is 10.9. The van der Waals surface area contributed by atoms with E-state index in [1.165, 1.54) is 20.4 Å². The molecule has 1 aromatic carbocycles. The number of carbonyl (C=O) groups is 1. The summed E-state index contributed by atoms with van der Waals surface area (Å²) in [6.45, 7) is 4.36. The number of carbonyl (C=O) groups excluding carboxylic acids is 1. The van der Waals surface area contributed by atoms with Crippen LogP contribution in [0.4, 0.5) is 0 Å². The molecule has 8 nitrogen and oxygen atoms in total. The molecule has 1 amide bonds. The van der Waals surface area contributed by atoms with Crippen molar-refractivity contribution in [2.75, 3.05) is 20.8 Å². The maximum absolute atomic E-state index is 13.3. The molecule has 0 saturated carbocycles. The zero-order chi connectivity index (χ0) is 24.4. The second-order valence-corrected chi connectivity index (χ2v) is 8.02. The predicted molar refractivity (Wildman–Crippen MR) is 127 cm³/mol. The SMILES string of the molecule is CCCCOc1c(C(=O)NCc2cccc(Cl)c2)n(CC(OC)OC)cc(C(O)CC)c1=O. The first-order valence-electron chi connectivity index (χ1n) is 11.0. The summed E-state index contributed by atoms with van der Waals surface area (Å²) in [7, 11) is 2.96. The number of hydrogen-bond acceptors (Lipinski definition) is 6. The van der Waals surface area contributed by atoms with Gasteiger partial charge in [-0.05, 0) is 30.5 Å². The Hall–Kier alpha value is -2.39. The molecule has 0 bridgehead atoms. The number of aliphatic hydroxyl groups excluding tert-OH is 1. The van der Waals surface area contributed by atoms with Crippen LogP contribution in [0, 0.1) is 0 Å². The molecule has 0 radical (unpaired) electrons. The summed E-state index contributed by atoms with van der Waals surface area (Å²) >= 11 is 6.04. The number of halogens is 1. The van der Waals surface area contributed by atoms with Gasteiger partial charge in [-0.1, -0.05) is 44.0 Å². The molecule has 9 heteroatoms. The summed E-state index contributed by atoms with van der Waals surface area (Å²) < 4.78 is 18.0. The molecule has 0 saturated heterocycles. The molecule has 0 aliphatic heterocycles. The minimum absolute atomic E-state index is 0.0456. The third kappa shape index (κ3) is 7.30. The molecule has 0 aliphatic carbocycles. The van der Waals surface area contributed by atoms with Crippen molar-refractivity contribution in [1.29, 1.82) is 0 Å². The average Bonchev–Trinajstić information content (AvgIpc) is 2.82.